The van der Waals surface area contributed by atoms with Crippen molar-refractivity contribution < 1.29 is 24.5 Å². The monoisotopic (exact) mass is 727 g/mol. The van der Waals surface area contributed by atoms with Crippen molar-refractivity contribution in [3.63, 3.8) is 0 Å². The normalized spacial score (nSPS) is 19.1. The first-order valence-corrected chi connectivity index (χ1v) is 19.2. The predicted molar refractivity (Wildman–Crippen MR) is 199 cm³/mol. The van der Waals surface area contributed by atoms with Gasteiger partial charge in [0.2, 0.25) is 22.9 Å². The third-order valence-corrected chi connectivity index (χ3v) is 13.8. The standard InChI is InChI=1S/C39H23N3O4S4/c1-20-10-2-6-14-24(20)47-28-18-30-36(40-21-11-3-7-15-25(21)48-30)34-32(28)38(43)35-33(39(34)44)29(50-27-17-9-5-13-23(27)42(45)46)19-31-37(35)41-22-12-4-8-16-26(22)49-31/h2-19,25-26H,1H3/p+2. The molecule has 0 amide bonds. The first-order chi connectivity index (χ1) is 24.4. The van der Waals surface area contributed by atoms with Gasteiger partial charge in [-0.1, -0.05) is 90.3 Å². The fraction of sp³-hybridized carbons (Fsp3) is 0.0769. The molecule has 0 aromatic heterocycles. The molecule has 5 aliphatic rings. The molecule has 2 atom stereocenters. The van der Waals surface area contributed by atoms with Crippen molar-refractivity contribution in [3.8, 4) is 0 Å². The minimum Gasteiger partial charge on any atom is -0.288 e. The quantitative estimate of drug-likeness (QED) is 0.157. The Hall–Kier alpha value is -4.68. The number of rotatable bonds is 5. The molecule has 0 radical (unpaired) electrons. The van der Waals surface area contributed by atoms with Gasteiger partial charge in [-0.2, -0.15) is 0 Å². The number of carbonyl (C=O) groups is 2. The third-order valence-electron chi connectivity index (χ3n) is 9.02. The predicted octanol–water partition coefficient (Wildman–Crippen LogP) is 6.49. The number of hydrogen-bond acceptors (Lipinski definition) is 8. The van der Waals surface area contributed by atoms with Gasteiger partial charge in [0.25, 0.3) is 5.69 Å². The Morgan fingerprint density at radius 2 is 1.16 bits per heavy atom. The molecule has 0 saturated heterocycles. The van der Waals surface area contributed by atoms with Crippen LogP contribution in [0.2, 0.25) is 0 Å². The summed E-state index contributed by atoms with van der Waals surface area (Å²) in [7, 11) is 0. The first-order valence-electron chi connectivity index (χ1n) is 15.8. The van der Waals surface area contributed by atoms with Crippen molar-refractivity contribution in [2.75, 3.05) is 0 Å². The van der Waals surface area contributed by atoms with Crippen LogP contribution in [-0.2, 0) is 0 Å². The summed E-state index contributed by atoms with van der Waals surface area (Å²) in [6.07, 6.45) is 16.1. The molecule has 9 rings (SSSR count). The van der Waals surface area contributed by atoms with Crippen LogP contribution in [-0.4, -0.2) is 38.4 Å². The minimum atomic E-state index is -0.418. The molecule has 4 aromatic carbocycles. The lowest BCUT2D eigenvalue weighted by molar-refractivity contribution is -0.387. The number of nitro groups is 1. The third kappa shape index (κ3) is 5.10. The fourth-order valence-electron chi connectivity index (χ4n) is 6.66. The Bertz CT molecular complexity index is 2440. The van der Waals surface area contributed by atoms with Gasteiger partial charge in [-0.25, -0.2) is 9.98 Å². The van der Waals surface area contributed by atoms with E-state index in [9.17, 15) is 10.1 Å². The minimum absolute atomic E-state index is 0.000809. The zero-order valence-corrected chi connectivity index (χ0v) is 29.5. The van der Waals surface area contributed by atoms with E-state index >= 15 is 9.59 Å². The van der Waals surface area contributed by atoms with Crippen LogP contribution in [0.25, 0.3) is 0 Å². The summed E-state index contributed by atoms with van der Waals surface area (Å²) < 4.78 is 0. The number of thioether (sulfide) groups is 2. The number of para-hydroxylation sites is 1. The summed E-state index contributed by atoms with van der Waals surface area (Å²) in [6, 6.07) is 18.5. The summed E-state index contributed by atoms with van der Waals surface area (Å²) >= 11 is 5.89. The molecule has 0 bridgehead atoms. The van der Waals surface area contributed by atoms with Crippen LogP contribution in [0.5, 0.6) is 0 Å². The molecule has 4 aromatic rings. The zero-order chi connectivity index (χ0) is 34.1. The van der Waals surface area contributed by atoms with Gasteiger partial charge >= 0.3 is 0 Å². The van der Waals surface area contributed by atoms with Gasteiger partial charge in [0.15, 0.2) is 11.4 Å². The Morgan fingerprint density at radius 1 is 0.660 bits per heavy atom. The highest BCUT2D eigenvalue weighted by Gasteiger charge is 2.46. The first kappa shape index (κ1) is 31.3. The molecule has 242 valence electrons. The van der Waals surface area contributed by atoms with E-state index in [1.165, 1.54) is 17.8 Å². The van der Waals surface area contributed by atoms with Gasteiger partial charge in [-0.05, 0) is 36.8 Å². The van der Waals surface area contributed by atoms with Crippen LogP contribution < -0.4 is 9.98 Å². The highest BCUT2D eigenvalue weighted by atomic mass is 32.2. The maximum Gasteiger partial charge on any atom is 0.283 e. The Morgan fingerprint density at radius 3 is 1.70 bits per heavy atom. The van der Waals surface area contributed by atoms with Gasteiger partial charge in [-0.15, -0.1) is 23.5 Å². The molecule has 0 spiro atoms. The van der Waals surface area contributed by atoms with Crippen molar-refractivity contribution in [2.45, 2.75) is 46.8 Å². The van der Waals surface area contributed by atoms with Crippen LogP contribution in [0, 0.1) is 17.0 Å². The van der Waals surface area contributed by atoms with E-state index in [1.807, 2.05) is 79.8 Å². The number of allylic oxidation sites excluding steroid dienone is 6. The summed E-state index contributed by atoms with van der Waals surface area (Å²) in [5.41, 5.74) is 5.33. The van der Waals surface area contributed by atoms with E-state index in [1.54, 1.807) is 41.7 Å². The molecule has 50 heavy (non-hydrogen) atoms. The van der Waals surface area contributed by atoms with E-state index in [2.05, 4.69) is 22.1 Å². The van der Waals surface area contributed by atoms with Crippen molar-refractivity contribution in [1.29, 1.82) is 0 Å². The number of nitro benzene ring substituents is 1. The number of benzene rings is 4. The lowest BCUT2D eigenvalue weighted by Crippen LogP contribution is -2.71. The number of ketones is 2. The molecule has 2 N–H and O–H groups in total. The lowest BCUT2D eigenvalue weighted by atomic mass is 9.82. The largest absolute Gasteiger partial charge is 0.288 e. The van der Waals surface area contributed by atoms with E-state index in [0.29, 0.717) is 42.8 Å². The zero-order valence-electron chi connectivity index (χ0n) is 26.3. The number of carbonyl (C=O) groups excluding carboxylic acids is 2. The molecule has 2 heterocycles. The highest BCUT2D eigenvalue weighted by molar-refractivity contribution is 8.01. The topological polar surface area (TPSA) is 105 Å². The smallest absolute Gasteiger partial charge is 0.283 e. The maximum atomic E-state index is 15.3. The van der Waals surface area contributed by atoms with Crippen LogP contribution in [0.4, 0.5) is 17.1 Å². The molecular weight excluding hydrogens is 703 g/mol. The molecule has 2 aliphatic heterocycles. The average Bonchev–Trinajstić information content (AvgIpc) is 3.12. The van der Waals surface area contributed by atoms with Crippen molar-refractivity contribution in [3.05, 3.63) is 147 Å². The van der Waals surface area contributed by atoms with Gasteiger partial charge in [0, 0.05) is 32.9 Å². The number of fused-ring (bicyclic) bond motifs is 8. The fourth-order valence-corrected chi connectivity index (χ4v) is 11.3. The van der Waals surface area contributed by atoms with Crippen LogP contribution in [0.15, 0.2) is 139 Å². The number of aryl methyl sites for hydroxylation is 1. The van der Waals surface area contributed by atoms with Gasteiger partial charge in [0.1, 0.15) is 21.6 Å². The van der Waals surface area contributed by atoms with Crippen molar-refractivity contribution >= 4 is 87.1 Å². The molecule has 3 aliphatic carbocycles. The Kier molecular flexibility index (Phi) is 7.69. The van der Waals surface area contributed by atoms with Crippen LogP contribution in [0.1, 0.15) is 37.4 Å². The van der Waals surface area contributed by atoms with Crippen LogP contribution in [0.3, 0.4) is 0 Å². The number of hydrogen-bond donors (Lipinski definition) is 2. The lowest BCUT2D eigenvalue weighted by Gasteiger charge is -2.27. The summed E-state index contributed by atoms with van der Waals surface area (Å²) in [6.45, 7) is 2.04. The van der Waals surface area contributed by atoms with E-state index in [4.69, 9.17) is 0 Å². The van der Waals surface area contributed by atoms with E-state index < -0.39 is 4.92 Å². The summed E-state index contributed by atoms with van der Waals surface area (Å²) in [4.78, 5) is 53.6. The Balaban J connectivity index is 1.32. The van der Waals surface area contributed by atoms with E-state index in [-0.39, 0.29) is 33.3 Å². The SMILES string of the molecule is Cc1ccccc1Sc1cc2c(c3c1C(=O)c1c4c(cc(Sc5ccccc5[N+](=O)[O-])c1C3=O)SC1C=CC=CC1=[NH+]4)[NH+]=C1C=CC=CC1S2. The molecule has 0 saturated carbocycles. The van der Waals surface area contributed by atoms with Crippen LogP contribution >= 0.6 is 47.0 Å². The Labute approximate surface area is 304 Å². The van der Waals surface area contributed by atoms with Crippen molar-refractivity contribution in [1.82, 2.24) is 0 Å². The molecule has 7 nitrogen and oxygen atoms in total. The van der Waals surface area contributed by atoms with Gasteiger partial charge in [-0.3, -0.25) is 19.7 Å². The summed E-state index contributed by atoms with van der Waals surface area (Å²) in [5.74, 6) is -0.544. The number of nitrogens with zero attached hydrogens (tertiary/aromatic N) is 1. The van der Waals surface area contributed by atoms with Gasteiger partial charge in [0.05, 0.1) is 30.7 Å². The maximum absolute atomic E-state index is 15.3. The van der Waals surface area contributed by atoms with Gasteiger partial charge < -0.3 is 0 Å². The molecule has 11 heteroatoms. The number of nitrogens with one attached hydrogen (secondary N) is 2. The second-order valence-corrected chi connectivity index (χ2v) is 16.6. The highest BCUT2D eigenvalue weighted by Crippen LogP contribution is 2.51. The second kappa shape index (κ2) is 12.3. The molecule has 0 fully saturated rings. The average molecular weight is 728 g/mol. The molecule has 2 unspecified atom stereocenters. The van der Waals surface area contributed by atoms with Crippen molar-refractivity contribution in [2.24, 2.45) is 0 Å². The second-order valence-electron chi connectivity index (χ2n) is 12.1. The molecular formula is C39H25N3O4S4+2. The summed E-state index contributed by atoms with van der Waals surface area (Å²) in [5, 5.41) is 12.1. The van der Waals surface area contributed by atoms with E-state index in [0.717, 1.165) is 43.4 Å².